The van der Waals surface area contributed by atoms with Crippen LogP contribution in [0.1, 0.15) is 39.9 Å². The van der Waals surface area contributed by atoms with Crippen molar-refractivity contribution in [2.45, 2.75) is 39.3 Å². The van der Waals surface area contributed by atoms with Crippen LogP contribution in [0.25, 0.3) is 0 Å². The van der Waals surface area contributed by atoms with Gasteiger partial charge in [-0.2, -0.15) is 0 Å². The van der Waals surface area contributed by atoms with Crippen LogP contribution in [0.2, 0.25) is 0 Å². The van der Waals surface area contributed by atoms with Crippen molar-refractivity contribution in [3.05, 3.63) is 105 Å². The van der Waals surface area contributed by atoms with E-state index < -0.39 is 0 Å². The van der Waals surface area contributed by atoms with Crippen LogP contribution in [0.15, 0.2) is 72.8 Å². The van der Waals surface area contributed by atoms with E-state index in [4.69, 9.17) is 0 Å². The van der Waals surface area contributed by atoms with E-state index in [1.807, 2.05) is 73.3 Å². The Morgan fingerprint density at radius 1 is 0.970 bits per heavy atom. The fourth-order valence-electron chi connectivity index (χ4n) is 4.40. The zero-order valence-corrected chi connectivity index (χ0v) is 19.1. The summed E-state index contributed by atoms with van der Waals surface area (Å²) in [7, 11) is 0. The van der Waals surface area contributed by atoms with Gasteiger partial charge in [-0.15, -0.1) is 0 Å². The number of carbonyl (C=O) groups is 1. The van der Waals surface area contributed by atoms with Gasteiger partial charge >= 0.3 is 0 Å². The third-order valence-corrected chi connectivity index (χ3v) is 6.28. The number of hydrogen-bond donors (Lipinski definition) is 0. The van der Waals surface area contributed by atoms with E-state index in [1.165, 1.54) is 6.07 Å². The lowest BCUT2D eigenvalue weighted by atomic mass is 9.99. The number of amides is 1. The van der Waals surface area contributed by atoms with E-state index in [1.54, 1.807) is 12.1 Å². The van der Waals surface area contributed by atoms with Gasteiger partial charge in [0.05, 0.1) is 4.92 Å². The number of nitro groups is 1. The average molecular weight is 444 g/mol. The summed E-state index contributed by atoms with van der Waals surface area (Å²) in [6, 6.07) is 22.8. The second kappa shape index (κ2) is 9.96. The molecule has 6 heteroatoms. The maximum atomic E-state index is 13.6. The number of anilines is 1. The van der Waals surface area contributed by atoms with Gasteiger partial charge in [-0.05, 0) is 56.5 Å². The summed E-state index contributed by atoms with van der Waals surface area (Å²) >= 11 is 0. The molecule has 4 rings (SSSR count). The number of nitrogens with zero attached hydrogens (tertiary/aromatic N) is 3. The fourth-order valence-corrected chi connectivity index (χ4v) is 4.40. The first-order chi connectivity index (χ1) is 15.9. The summed E-state index contributed by atoms with van der Waals surface area (Å²) < 4.78 is 0. The van der Waals surface area contributed by atoms with Crippen molar-refractivity contribution in [3.8, 4) is 0 Å². The second-order valence-corrected chi connectivity index (χ2v) is 8.81. The lowest BCUT2D eigenvalue weighted by Gasteiger charge is -2.38. The maximum Gasteiger partial charge on any atom is 0.269 e. The quantitative estimate of drug-likeness (QED) is 0.371. The molecule has 0 saturated carbocycles. The standard InChI is InChI=1S/C27H29N3O3/c1-20-6-10-23(11-7-20)27(31)29(24-12-8-21(2)9-13-24)25-14-16-28(17-15-25)19-22-4-3-5-26(18-22)30(32)33/h3-13,18,25H,14-17,19H2,1-2H3. The number of rotatable bonds is 6. The number of aryl methyl sites for hydroxylation is 2. The Morgan fingerprint density at radius 2 is 1.58 bits per heavy atom. The van der Waals surface area contributed by atoms with Crippen molar-refractivity contribution in [2.75, 3.05) is 18.0 Å². The molecular formula is C27H29N3O3. The van der Waals surface area contributed by atoms with Crippen LogP contribution in [0.4, 0.5) is 11.4 Å². The number of piperidine rings is 1. The van der Waals surface area contributed by atoms with Crippen LogP contribution in [-0.4, -0.2) is 34.9 Å². The molecule has 0 unspecified atom stereocenters. The van der Waals surface area contributed by atoms with Crippen LogP contribution in [0.3, 0.4) is 0 Å². The Hall–Kier alpha value is -3.51. The summed E-state index contributed by atoms with van der Waals surface area (Å²) in [6.07, 6.45) is 1.70. The van der Waals surface area contributed by atoms with Gasteiger partial charge in [-0.25, -0.2) is 0 Å². The first-order valence-electron chi connectivity index (χ1n) is 11.3. The molecule has 1 fully saturated rings. The fraction of sp³-hybridized carbons (Fsp3) is 0.296. The molecule has 0 N–H and O–H groups in total. The second-order valence-electron chi connectivity index (χ2n) is 8.81. The molecule has 1 saturated heterocycles. The molecule has 0 aromatic heterocycles. The highest BCUT2D eigenvalue weighted by atomic mass is 16.6. The zero-order chi connectivity index (χ0) is 23.4. The molecule has 0 atom stereocenters. The minimum absolute atomic E-state index is 0.0241. The molecule has 1 heterocycles. The van der Waals surface area contributed by atoms with Gasteiger partial charge in [-0.3, -0.25) is 19.8 Å². The summed E-state index contributed by atoms with van der Waals surface area (Å²) in [5.41, 5.74) is 4.96. The minimum atomic E-state index is -0.355. The number of non-ortho nitro benzene ring substituents is 1. The molecule has 0 radical (unpaired) electrons. The largest absolute Gasteiger partial charge is 0.305 e. The molecule has 1 aliphatic heterocycles. The lowest BCUT2D eigenvalue weighted by Crippen LogP contribution is -2.47. The first kappa shape index (κ1) is 22.7. The van der Waals surface area contributed by atoms with Crippen LogP contribution in [0, 0.1) is 24.0 Å². The third kappa shape index (κ3) is 5.46. The molecule has 33 heavy (non-hydrogen) atoms. The minimum Gasteiger partial charge on any atom is -0.305 e. The van der Waals surface area contributed by atoms with Gasteiger partial charge in [0.25, 0.3) is 11.6 Å². The molecule has 1 aliphatic rings. The molecule has 0 spiro atoms. The number of nitro benzene ring substituents is 1. The molecule has 6 nitrogen and oxygen atoms in total. The van der Waals surface area contributed by atoms with Gasteiger partial charge in [-0.1, -0.05) is 47.5 Å². The first-order valence-corrected chi connectivity index (χ1v) is 11.3. The summed E-state index contributed by atoms with van der Waals surface area (Å²) in [4.78, 5) is 28.5. The van der Waals surface area contributed by atoms with E-state index in [0.717, 1.165) is 48.3 Å². The number of benzene rings is 3. The van der Waals surface area contributed by atoms with Crippen LogP contribution in [-0.2, 0) is 6.54 Å². The monoisotopic (exact) mass is 443 g/mol. The van der Waals surface area contributed by atoms with Gasteiger partial charge in [0.1, 0.15) is 0 Å². The van der Waals surface area contributed by atoms with Crippen molar-refractivity contribution in [3.63, 3.8) is 0 Å². The third-order valence-electron chi connectivity index (χ3n) is 6.28. The predicted octanol–water partition coefficient (Wildman–Crippen LogP) is 5.52. The van der Waals surface area contributed by atoms with Crippen molar-refractivity contribution in [2.24, 2.45) is 0 Å². The predicted molar refractivity (Wildman–Crippen MR) is 131 cm³/mol. The highest BCUT2D eigenvalue weighted by molar-refractivity contribution is 6.06. The van der Waals surface area contributed by atoms with Crippen molar-refractivity contribution in [1.29, 1.82) is 0 Å². The molecule has 170 valence electrons. The van der Waals surface area contributed by atoms with E-state index >= 15 is 0 Å². The molecule has 0 bridgehead atoms. The molecule has 3 aromatic carbocycles. The smallest absolute Gasteiger partial charge is 0.269 e. The van der Waals surface area contributed by atoms with Gasteiger partial charge in [0, 0.05) is 49.1 Å². The number of carbonyl (C=O) groups excluding carboxylic acids is 1. The topological polar surface area (TPSA) is 66.7 Å². The molecule has 3 aromatic rings. The van der Waals surface area contributed by atoms with Crippen molar-refractivity contribution < 1.29 is 9.72 Å². The van der Waals surface area contributed by atoms with Crippen molar-refractivity contribution >= 4 is 17.3 Å². The molecule has 1 amide bonds. The normalized spacial score (nSPS) is 14.7. The summed E-state index contributed by atoms with van der Waals surface area (Å²) in [5, 5.41) is 11.1. The van der Waals surface area contributed by atoms with E-state index in [9.17, 15) is 14.9 Å². The Bertz CT molecular complexity index is 1120. The van der Waals surface area contributed by atoms with Crippen LogP contribution in [0.5, 0.6) is 0 Å². The summed E-state index contributed by atoms with van der Waals surface area (Å²) in [5.74, 6) is 0.0241. The Labute approximate surface area is 194 Å². The molecule has 0 aliphatic carbocycles. The van der Waals surface area contributed by atoms with E-state index in [2.05, 4.69) is 4.90 Å². The number of hydrogen-bond acceptors (Lipinski definition) is 4. The lowest BCUT2D eigenvalue weighted by molar-refractivity contribution is -0.384. The summed E-state index contributed by atoms with van der Waals surface area (Å²) in [6.45, 7) is 6.39. The Kier molecular flexibility index (Phi) is 6.84. The highest BCUT2D eigenvalue weighted by Crippen LogP contribution is 2.27. The van der Waals surface area contributed by atoms with Gasteiger partial charge in [0.2, 0.25) is 0 Å². The number of likely N-dealkylation sites (tertiary alicyclic amines) is 1. The van der Waals surface area contributed by atoms with Crippen LogP contribution < -0.4 is 4.90 Å². The highest BCUT2D eigenvalue weighted by Gasteiger charge is 2.30. The van der Waals surface area contributed by atoms with Crippen molar-refractivity contribution in [1.82, 2.24) is 4.90 Å². The Morgan fingerprint density at radius 3 is 2.18 bits per heavy atom. The average Bonchev–Trinajstić information content (AvgIpc) is 2.82. The van der Waals surface area contributed by atoms with E-state index in [-0.39, 0.29) is 22.6 Å². The maximum absolute atomic E-state index is 13.6. The van der Waals surface area contributed by atoms with Gasteiger partial charge in [0.15, 0.2) is 0 Å². The zero-order valence-electron chi connectivity index (χ0n) is 19.1. The van der Waals surface area contributed by atoms with Gasteiger partial charge < -0.3 is 4.90 Å². The Balaban J connectivity index is 1.50. The van der Waals surface area contributed by atoms with E-state index in [0.29, 0.717) is 12.1 Å². The SMILES string of the molecule is Cc1ccc(C(=O)N(c2ccc(C)cc2)C2CCN(Cc3cccc([N+](=O)[O-])c3)CC2)cc1. The van der Waals surface area contributed by atoms with Crippen LogP contribution >= 0.6 is 0 Å². The molecular weight excluding hydrogens is 414 g/mol.